The molecule has 1 aromatic rings. The highest BCUT2D eigenvalue weighted by molar-refractivity contribution is 5.90. The molecule has 0 atom stereocenters. The smallest absolute Gasteiger partial charge is 0.414 e. The van der Waals surface area contributed by atoms with E-state index in [0.29, 0.717) is 0 Å². The standard InChI is InChI=1S/C11H12N2O4/c1-3-8-12(11(14)17-2)9-6-4-5-7-10(9)13(15)16/h3-7H,1,8H2,2H3. The number of ether oxygens (including phenoxy) is 1. The first kappa shape index (κ1) is 12.7. The van der Waals surface area contributed by atoms with Crippen LogP contribution in [0.3, 0.4) is 0 Å². The molecule has 1 aromatic carbocycles. The molecule has 0 radical (unpaired) electrons. The summed E-state index contributed by atoms with van der Waals surface area (Å²) >= 11 is 0. The molecule has 0 saturated heterocycles. The molecule has 0 heterocycles. The fourth-order valence-electron chi connectivity index (χ4n) is 1.36. The molecular weight excluding hydrogens is 224 g/mol. The van der Waals surface area contributed by atoms with E-state index in [1.165, 1.54) is 31.4 Å². The zero-order valence-corrected chi connectivity index (χ0v) is 9.33. The number of anilines is 1. The number of carbonyl (C=O) groups excluding carboxylic acids is 1. The molecular formula is C11H12N2O4. The highest BCUT2D eigenvalue weighted by Crippen LogP contribution is 2.27. The number of methoxy groups -OCH3 is 1. The monoisotopic (exact) mass is 236 g/mol. The van der Waals surface area contributed by atoms with E-state index in [4.69, 9.17) is 0 Å². The number of hydrogen-bond donors (Lipinski definition) is 0. The van der Waals surface area contributed by atoms with Gasteiger partial charge in [0.1, 0.15) is 5.69 Å². The van der Waals surface area contributed by atoms with Gasteiger partial charge in [-0.15, -0.1) is 6.58 Å². The van der Waals surface area contributed by atoms with E-state index in [1.807, 2.05) is 0 Å². The van der Waals surface area contributed by atoms with Gasteiger partial charge in [0.25, 0.3) is 5.69 Å². The van der Waals surface area contributed by atoms with Gasteiger partial charge in [-0.25, -0.2) is 4.79 Å². The summed E-state index contributed by atoms with van der Waals surface area (Å²) < 4.78 is 4.57. The van der Waals surface area contributed by atoms with Gasteiger partial charge in [-0.2, -0.15) is 0 Å². The third kappa shape index (κ3) is 2.81. The number of benzene rings is 1. The Morgan fingerprint density at radius 1 is 1.59 bits per heavy atom. The van der Waals surface area contributed by atoms with Crippen molar-refractivity contribution in [1.29, 1.82) is 0 Å². The first-order valence-corrected chi connectivity index (χ1v) is 4.81. The molecule has 0 spiro atoms. The van der Waals surface area contributed by atoms with Gasteiger partial charge in [0.2, 0.25) is 0 Å². The van der Waals surface area contributed by atoms with E-state index in [0.717, 1.165) is 4.90 Å². The van der Waals surface area contributed by atoms with E-state index >= 15 is 0 Å². The Balaban J connectivity index is 3.22. The topological polar surface area (TPSA) is 72.7 Å². The summed E-state index contributed by atoms with van der Waals surface area (Å²) in [4.78, 5) is 22.9. The predicted molar refractivity (Wildman–Crippen MR) is 63.0 cm³/mol. The first-order chi connectivity index (χ1) is 8.11. The number of nitro groups is 1. The number of carbonyl (C=O) groups is 1. The third-order valence-corrected chi connectivity index (χ3v) is 2.08. The molecule has 0 aliphatic heterocycles. The number of rotatable bonds is 4. The van der Waals surface area contributed by atoms with Crippen LogP contribution < -0.4 is 4.90 Å². The second-order valence-electron chi connectivity index (χ2n) is 3.12. The summed E-state index contributed by atoms with van der Waals surface area (Å²) in [7, 11) is 1.22. The van der Waals surface area contributed by atoms with Crippen LogP contribution >= 0.6 is 0 Å². The van der Waals surface area contributed by atoms with Crippen molar-refractivity contribution in [1.82, 2.24) is 0 Å². The van der Waals surface area contributed by atoms with Crippen molar-refractivity contribution in [2.45, 2.75) is 0 Å². The molecule has 0 unspecified atom stereocenters. The van der Waals surface area contributed by atoms with Gasteiger partial charge in [-0.3, -0.25) is 15.0 Å². The lowest BCUT2D eigenvalue weighted by Crippen LogP contribution is -2.31. The Bertz CT molecular complexity index is 445. The Morgan fingerprint density at radius 2 is 2.24 bits per heavy atom. The van der Waals surface area contributed by atoms with Gasteiger partial charge in [0, 0.05) is 12.6 Å². The van der Waals surface area contributed by atoms with Crippen LogP contribution in [0, 0.1) is 10.1 Å². The third-order valence-electron chi connectivity index (χ3n) is 2.08. The summed E-state index contributed by atoms with van der Waals surface area (Å²) in [6, 6.07) is 5.96. The SMILES string of the molecule is C=CCN(C(=O)OC)c1ccccc1[N+](=O)[O-]. The van der Waals surface area contributed by atoms with Gasteiger partial charge >= 0.3 is 6.09 Å². The first-order valence-electron chi connectivity index (χ1n) is 4.81. The molecule has 0 aliphatic rings. The van der Waals surface area contributed by atoms with Crippen molar-refractivity contribution >= 4 is 17.5 Å². The van der Waals surface area contributed by atoms with Crippen LogP contribution in [0.5, 0.6) is 0 Å². The molecule has 1 rings (SSSR count). The average molecular weight is 236 g/mol. The van der Waals surface area contributed by atoms with E-state index in [2.05, 4.69) is 11.3 Å². The number of hydrogen-bond acceptors (Lipinski definition) is 4. The summed E-state index contributed by atoms with van der Waals surface area (Å²) in [6.07, 6.45) is 0.799. The second kappa shape index (κ2) is 5.64. The maximum absolute atomic E-state index is 11.5. The van der Waals surface area contributed by atoms with E-state index in [1.54, 1.807) is 6.07 Å². The second-order valence-corrected chi connectivity index (χ2v) is 3.12. The molecule has 0 N–H and O–H groups in total. The Hall–Kier alpha value is -2.37. The number of nitrogens with zero attached hydrogens (tertiary/aromatic N) is 2. The molecule has 90 valence electrons. The molecule has 0 aromatic heterocycles. The lowest BCUT2D eigenvalue weighted by Gasteiger charge is -2.19. The molecule has 0 aliphatic carbocycles. The molecule has 6 heteroatoms. The summed E-state index contributed by atoms with van der Waals surface area (Å²) in [6.45, 7) is 3.63. The van der Waals surface area contributed by atoms with Gasteiger partial charge < -0.3 is 4.74 Å². The fraction of sp³-hybridized carbons (Fsp3) is 0.182. The minimum atomic E-state index is -0.667. The largest absolute Gasteiger partial charge is 0.452 e. The van der Waals surface area contributed by atoms with Crippen molar-refractivity contribution in [2.75, 3.05) is 18.6 Å². The maximum Gasteiger partial charge on any atom is 0.414 e. The van der Waals surface area contributed by atoms with Gasteiger partial charge in [0.15, 0.2) is 0 Å². The Kier molecular flexibility index (Phi) is 4.21. The fourth-order valence-corrected chi connectivity index (χ4v) is 1.36. The number of nitro benzene ring substituents is 1. The van der Waals surface area contributed by atoms with Crippen LogP contribution in [0.15, 0.2) is 36.9 Å². The van der Waals surface area contributed by atoms with Crippen molar-refractivity contribution in [3.8, 4) is 0 Å². The minimum absolute atomic E-state index is 0.136. The van der Waals surface area contributed by atoms with E-state index < -0.39 is 11.0 Å². The van der Waals surface area contributed by atoms with Crippen LogP contribution in [0.25, 0.3) is 0 Å². The highest BCUT2D eigenvalue weighted by atomic mass is 16.6. The van der Waals surface area contributed by atoms with Crippen molar-refractivity contribution in [3.05, 3.63) is 47.0 Å². The average Bonchev–Trinajstić information content (AvgIpc) is 2.35. The Labute approximate surface area is 98.3 Å². The molecule has 17 heavy (non-hydrogen) atoms. The van der Waals surface area contributed by atoms with Crippen LogP contribution in [0.4, 0.5) is 16.2 Å². The quantitative estimate of drug-likeness (QED) is 0.457. The minimum Gasteiger partial charge on any atom is -0.452 e. The highest BCUT2D eigenvalue weighted by Gasteiger charge is 2.23. The van der Waals surface area contributed by atoms with Crippen LogP contribution in [0.2, 0.25) is 0 Å². The Morgan fingerprint density at radius 3 is 2.76 bits per heavy atom. The zero-order valence-electron chi connectivity index (χ0n) is 9.33. The maximum atomic E-state index is 11.5. The van der Waals surface area contributed by atoms with Gasteiger partial charge in [-0.05, 0) is 6.07 Å². The van der Waals surface area contributed by atoms with Crippen molar-refractivity contribution < 1.29 is 14.5 Å². The number of amides is 1. The van der Waals surface area contributed by atoms with E-state index in [-0.39, 0.29) is 17.9 Å². The zero-order chi connectivity index (χ0) is 12.8. The van der Waals surface area contributed by atoms with Crippen LogP contribution in [-0.4, -0.2) is 24.7 Å². The molecule has 6 nitrogen and oxygen atoms in total. The normalized spacial score (nSPS) is 9.47. The molecule has 1 amide bonds. The van der Waals surface area contributed by atoms with Gasteiger partial charge in [-0.1, -0.05) is 18.2 Å². The van der Waals surface area contributed by atoms with Crippen molar-refractivity contribution in [2.24, 2.45) is 0 Å². The molecule has 0 bridgehead atoms. The van der Waals surface area contributed by atoms with Crippen molar-refractivity contribution in [3.63, 3.8) is 0 Å². The number of para-hydroxylation sites is 2. The predicted octanol–water partition coefficient (Wildman–Crippen LogP) is 2.35. The van der Waals surface area contributed by atoms with Crippen LogP contribution in [-0.2, 0) is 4.74 Å². The lowest BCUT2D eigenvalue weighted by molar-refractivity contribution is -0.384. The summed E-state index contributed by atoms with van der Waals surface area (Å²) in [5.74, 6) is 0. The summed E-state index contributed by atoms with van der Waals surface area (Å²) in [5.41, 5.74) is 0.0315. The lowest BCUT2D eigenvalue weighted by atomic mass is 10.2. The van der Waals surface area contributed by atoms with Gasteiger partial charge in [0.05, 0.1) is 12.0 Å². The molecule has 0 fully saturated rings. The molecule has 0 saturated carbocycles. The van der Waals surface area contributed by atoms with Crippen LogP contribution in [0.1, 0.15) is 0 Å². The van der Waals surface area contributed by atoms with E-state index in [9.17, 15) is 14.9 Å². The summed E-state index contributed by atoms with van der Waals surface area (Å²) in [5, 5.41) is 10.8.